The summed E-state index contributed by atoms with van der Waals surface area (Å²) in [6.45, 7) is 4.71. The molecule has 2 rings (SSSR count). The average molecular weight is 391 g/mol. The first-order chi connectivity index (χ1) is 9.97. The van der Waals surface area contributed by atoms with Gasteiger partial charge in [0.1, 0.15) is 5.69 Å². The van der Waals surface area contributed by atoms with Crippen molar-refractivity contribution in [1.29, 1.82) is 0 Å². The molecule has 0 aromatic carbocycles. The number of nitrogens with zero attached hydrogens (tertiary/aromatic N) is 3. The molecule has 0 radical (unpaired) electrons. The quantitative estimate of drug-likeness (QED) is 0.712. The Labute approximate surface area is 141 Å². The Kier molecular flexibility index (Phi) is 5.41. The molecule has 0 unspecified atom stereocenters. The Morgan fingerprint density at radius 2 is 2.10 bits per heavy atom. The van der Waals surface area contributed by atoms with Gasteiger partial charge >= 0.3 is 0 Å². The molecule has 0 amide bonds. The van der Waals surface area contributed by atoms with E-state index in [-0.39, 0.29) is 22.9 Å². The van der Waals surface area contributed by atoms with Crippen molar-refractivity contribution < 1.29 is 4.79 Å². The first-order valence-corrected chi connectivity index (χ1v) is 8.11. The zero-order valence-electron chi connectivity index (χ0n) is 11.7. The van der Waals surface area contributed by atoms with Gasteiger partial charge in [-0.1, -0.05) is 30.1 Å². The zero-order chi connectivity index (χ0) is 15.6. The highest BCUT2D eigenvalue weighted by molar-refractivity contribution is 9.10. The number of hydrogen-bond acceptors (Lipinski definition) is 3. The zero-order valence-corrected chi connectivity index (χ0v) is 14.8. The van der Waals surface area contributed by atoms with Crippen LogP contribution in [0.5, 0.6) is 0 Å². The first-order valence-electron chi connectivity index (χ1n) is 6.56. The maximum absolute atomic E-state index is 12.4. The van der Waals surface area contributed by atoms with E-state index in [1.165, 1.54) is 12.3 Å². The van der Waals surface area contributed by atoms with Crippen molar-refractivity contribution >= 4 is 44.9 Å². The molecule has 0 saturated carbocycles. The van der Waals surface area contributed by atoms with Crippen LogP contribution in [-0.2, 0) is 19.4 Å². The van der Waals surface area contributed by atoms with E-state index in [0.29, 0.717) is 11.6 Å². The molecule has 2 aromatic heterocycles. The van der Waals surface area contributed by atoms with Gasteiger partial charge in [-0.15, -0.1) is 0 Å². The summed E-state index contributed by atoms with van der Waals surface area (Å²) in [7, 11) is 0. The average Bonchev–Trinajstić information content (AvgIpc) is 2.75. The third-order valence-electron chi connectivity index (χ3n) is 3.09. The molecule has 2 heterocycles. The summed E-state index contributed by atoms with van der Waals surface area (Å²) in [6, 6.07) is 1.52. The van der Waals surface area contributed by atoms with Crippen LogP contribution in [-0.4, -0.2) is 20.5 Å². The van der Waals surface area contributed by atoms with Gasteiger partial charge in [-0.05, 0) is 35.3 Å². The maximum atomic E-state index is 12.4. The maximum Gasteiger partial charge on any atom is 0.188 e. The number of halogens is 3. The number of pyridine rings is 1. The lowest BCUT2D eigenvalue weighted by Gasteiger charge is -2.06. The van der Waals surface area contributed by atoms with Crippen LogP contribution in [0.4, 0.5) is 0 Å². The van der Waals surface area contributed by atoms with Gasteiger partial charge in [0.2, 0.25) is 0 Å². The fourth-order valence-electron chi connectivity index (χ4n) is 2.04. The molecule has 0 N–H and O–H groups in total. The Hall–Kier alpha value is -0.910. The standard InChI is InChI=1S/C14H14BrCl2N3O/c1-3-10-13(15)11(20(4-2)19-10)6-12(21)14-9(17)5-8(16)7-18-14/h5,7H,3-4,6H2,1-2H3. The van der Waals surface area contributed by atoms with Crippen LogP contribution in [0, 0.1) is 0 Å². The minimum absolute atomic E-state index is 0.158. The van der Waals surface area contributed by atoms with Crippen LogP contribution >= 0.6 is 39.1 Å². The van der Waals surface area contributed by atoms with Gasteiger partial charge in [0.15, 0.2) is 5.78 Å². The molecule has 7 heteroatoms. The molecule has 0 fully saturated rings. The highest BCUT2D eigenvalue weighted by Crippen LogP contribution is 2.25. The SMILES string of the molecule is CCc1nn(CC)c(CC(=O)c2ncc(Cl)cc2Cl)c1Br. The van der Waals surface area contributed by atoms with E-state index in [9.17, 15) is 4.79 Å². The van der Waals surface area contributed by atoms with Crippen LogP contribution in [0.3, 0.4) is 0 Å². The van der Waals surface area contributed by atoms with E-state index in [1.807, 2.05) is 18.5 Å². The summed E-state index contributed by atoms with van der Waals surface area (Å²) in [5.74, 6) is -0.158. The Morgan fingerprint density at radius 3 is 2.67 bits per heavy atom. The highest BCUT2D eigenvalue weighted by Gasteiger charge is 2.20. The lowest BCUT2D eigenvalue weighted by atomic mass is 10.1. The Morgan fingerprint density at radius 1 is 1.38 bits per heavy atom. The smallest absolute Gasteiger partial charge is 0.188 e. The van der Waals surface area contributed by atoms with E-state index >= 15 is 0 Å². The van der Waals surface area contributed by atoms with Crippen LogP contribution < -0.4 is 0 Å². The summed E-state index contributed by atoms with van der Waals surface area (Å²) >= 11 is 15.4. The third-order valence-corrected chi connectivity index (χ3v) is 4.50. The van der Waals surface area contributed by atoms with Gasteiger partial charge < -0.3 is 0 Å². The fraction of sp³-hybridized carbons (Fsp3) is 0.357. The molecule has 21 heavy (non-hydrogen) atoms. The van der Waals surface area contributed by atoms with Crippen molar-refractivity contribution in [2.24, 2.45) is 0 Å². The molecule has 2 aromatic rings. The largest absolute Gasteiger partial charge is 0.292 e. The number of aryl methyl sites for hydroxylation is 2. The van der Waals surface area contributed by atoms with E-state index < -0.39 is 0 Å². The predicted octanol–water partition coefficient (Wildman–Crippen LogP) is 4.36. The van der Waals surface area contributed by atoms with Gasteiger partial charge in [-0.25, -0.2) is 4.98 Å². The molecule has 0 bridgehead atoms. The molecule has 0 aliphatic heterocycles. The normalized spacial score (nSPS) is 10.9. The Balaban J connectivity index is 2.33. The van der Waals surface area contributed by atoms with Gasteiger partial charge in [-0.3, -0.25) is 9.48 Å². The van der Waals surface area contributed by atoms with E-state index in [0.717, 1.165) is 22.3 Å². The number of aromatic nitrogens is 3. The first kappa shape index (κ1) is 16.5. The summed E-state index contributed by atoms with van der Waals surface area (Å²) in [4.78, 5) is 16.4. The van der Waals surface area contributed by atoms with Gasteiger partial charge in [0.05, 0.1) is 32.3 Å². The monoisotopic (exact) mass is 389 g/mol. The second-order valence-electron chi connectivity index (χ2n) is 4.46. The fourth-order valence-corrected chi connectivity index (χ4v) is 3.23. The minimum atomic E-state index is -0.158. The molecule has 112 valence electrons. The molecule has 0 atom stereocenters. The molecule has 0 spiro atoms. The molecule has 0 aliphatic carbocycles. The summed E-state index contributed by atoms with van der Waals surface area (Å²) < 4.78 is 2.70. The number of Topliss-reactive ketones (excluding diaryl/α,β-unsaturated/α-hetero) is 1. The molecular weight excluding hydrogens is 377 g/mol. The number of rotatable bonds is 5. The topological polar surface area (TPSA) is 47.8 Å². The highest BCUT2D eigenvalue weighted by atomic mass is 79.9. The number of carbonyl (C=O) groups excluding carboxylic acids is 1. The second-order valence-corrected chi connectivity index (χ2v) is 6.10. The summed E-state index contributed by atoms with van der Waals surface area (Å²) in [5, 5.41) is 5.15. The predicted molar refractivity (Wildman–Crippen MR) is 87.3 cm³/mol. The molecule has 4 nitrogen and oxygen atoms in total. The van der Waals surface area contributed by atoms with E-state index in [4.69, 9.17) is 23.2 Å². The van der Waals surface area contributed by atoms with Crippen molar-refractivity contribution in [3.05, 3.63) is 43.9 Å². The van der Waals surface area contributed by atoms with Crippen molar-refractivity contribution in [3.8, 4) is 0 Å². The van der Waals surface area contributed by atoms with Crippen molar-refractivity contribution in [3.63, 3.8) is 0 Å². The van der Waals surface area contributed by atoms with Gasteiger partial charge in [0.25, 0.3) is 0 Å². The van der Waals surface area contributed by atoms with Crippen LogP contribution in [0.1, 0.15) is 35.7 Å². The van der Waals surface area contributed by atoms with Crippen molar-refractivity contribution in [2.75, 3.05) is 0 Å². The van der Waals surface area contributed by atoms with Gasteiger partial charge in [-0.2, -0.15) is 5.10 Å². The van der Waals surface area contributed by atoms with E-state index in [2.05, 4.69) is 26.0 Å². The number of carbonyl (C=O) groups is 1. The number of ketones is 1. The molecule has 0 saturated heterocycles. The lowest BCUT2D eigenvalue weighted by molar-refractivity contribution is 0.0986. The summed E-state index contributed by atoms with van der Waals surface area (Å²) in [6.07, 6.45) is 2.41. The number of hydrogen-bond donors (Lipinski definition) is 0. The Bertz CT molecular complexity index is 685. The second kappa shape index (κ2) is 6.90. The van der Waals surface area contributed by atoms with Crippen LogP contribution in [0.2, 0.25) is 10.0 Å². The lowest BCUT2D eigenvalue weighted by Crippen LogP contribution is -2.12. The molecular formula is C14H14BrCl2N3O. The van der Waals surface area contributed by atoms with Crippen molar-refractivity contribution in [2.45, 2.75) is 33.2 Å². The van der Waals surface area contributed by atoms with Crippen LogP contribution in [0.25, 0.3) is 0 Å². The van der Waals surface area contributed by atoms with Gasteiger partial charge in [0, 0.05) is 12.7 Å². The van der Waals surface area contributed by atoms with Crippen molar-refractivity contribution in [1.82, 2.24) is 14.8 Å². The molecule has 0 aliphatic rings. The van der Waals surface area contributed by atoms with Crippen LogP contribution in [0.15, 0.2) is 16.7 Å². The summed E-state index contributed by atoms with van der Waals surface area (Å²) in [5.41, 5.74) is 2.01. The minimum Gasteiger partial charge on any atom is -0.292 e. The van der Waals surface area contributed by atoms with E-state index in [1.54, 1.807) is 0 Å². The third kappa shape index (κ3) is 3.47.